The third-order valence-corrected chi connectivity index (χ3v) is 7.16. The summed E-state index contributed by atoms with van der Waals surface area (Å²) in [7, 11) is 0. The van der Waals surface area contributed by atoms with Crippen LogP contribution in [0.3, 0.4) is 0 Å². The number of hydrogen-bond acceptors (Lipinski definition) is 14. The zero-order valence-electron chi connectivity index (χ0n) is 21.5. The van der Waals surface area contributed by atoms with Crippen molar-refractivity contribution in [1.29, 1.82) is 0 Å². The molecule has 0 saturated carbocycles. The van der Waals surface area contributed by atoms with Crippen LogP contribution in [0.5, 0.6) is 17.2 Å². The van der Waals surface area contributed by atoms with E-state index in [1.807, 2.05) is 0 Å². The SMILES string of the molecule is C[C@@H]1O[C@@H](OC[C@H]2O[C@@H](Oc3cc(O)c4c(=O)c(-c5ccc(O)cc5)coc4c3)[C@H](O)[C@H](O)[C@@H]2O)[C@H](O)[C@@H](O)[C@H]1O. The lowest BCUT2D eigenvalue weighted by Gasteiger charge is -2.42. The van der Waals surface area contributed by atoms with Gasteiger partial charge in [-0.25, -0.2) is 0 Å². The zero-order valence-corrected chi connectivity index (χ0v) is 21.5. The van der Waals surface area contributed by atoms with E-state index in [9.17, 15) is 45.6 Å². The van der Waals surface area contributed by atoms with Crippen LogP contribution in [0.4, 0.5) is 0 Å². The zero-order chi connectivity index (χ0) is 29.6. The van der Waals surface area contributed by atoms with Crippen molar-refractivity contribution in [2.24, 2.45) is 0 Å². The van der Waals surface area contributed by atoms with Crippen LogP contribution in [-0.2, 0) is 14.2 Å². The van der Waals surface area contributed by atoms with E-state index in [0.29, 0.717) is 5.56 Å². The molecule has 10 atom stereocenters. The van der Waals surface area contributed by atoms with Gasteiger partial charge in [-0.1, -0.05) is 12.1 Å². The van der Waals surface area contributed by atoms with Gasteiger partial charge in [-0.2, -0.15) is 0 Å². The van der Waals surface area contributed by atoms with E-state index >= 15 is 0 Å². The van der Waals surface area contributed by atoms with Crippen molar-refractivity contribution in [3.8, 4) is 28.4 Å². The number of benzene rings is 2. The third-order valence-electron chi connectivity index (χ3n) is 7.16. The van der Waals surface area contributed by atoms with Crippen molar-refractivity contribution in [3.63, 3.8) is 0 Å². The maximum absolute atomic E-state index is 13.1. The van der Waals surface area contributed by atoms with Crippen LogP contribution < -0.4 is 10.2 Å². The number of aliphatic hydroxyl groups excluding tert-OH is 6. The Morgan fingerprint density at radius 2 is 1.46 bits per heavy atom. The first-order valence-electron chi connectivity index (χ1n) is 12.7. The number of phenolic OH excluding ortho intramolecular Hbond substituents is 2. The predicted molar refractivity (Wildman–Crippen MR) is 137 cm³/mol. The number of aliphatic hydroxyl groups is 6. The van der Waals surface area contributed by atoms with Crippen LogP contribution in [0.2, 0.25) is 0 Å². The molecular formula is C27H30O14. The Balaban J connectivity index is 1.33. The fraction of sp³-hybridized carbons (Fsp3) is 0.444. The van der Waals surface area contributed by atoms with Crippen LogP contribution >= 0.6 is 0 Å². The van der Waals surface area contributed by atoms with Gasteiger partial charge in [0.2, 0.25) is 11.7 Å². The summed E-state index contributed by atoms with van der Waals surface area (Å²) in [5.74, 6) is -0.606. The highest BCUT2D eigenvalue weighted by molar-refractivity contribution is 5.88. The van der Waals surface area contributed by atoms with E-state index in [2.05, 4.69) is 0 Å². The topological polar surface area (TPSA) is 229 Å². The Labute approximate surface area is 231 Å². The highest BCUT2D eigenvalue weighted by Crippen LogP contribution is 2.33. The molecule has 0 bridgehead atoms. The summed E-state index contributed by atoms with van der Waals surface area (Å²) in [5.41, 5.74) is -0.0266. The maximum atomic E-state index is 13.1. The Bertz CT molecular complexity index is 1420. The summed E-state index contributed by atoms with van der Waals surface area (Å²) in [6, 6.07) is 8.16. The van der Waals surface area contributed by atoms with Crippen molar-refractivity contribution in [2.75, 3.05) is 6.61 Å². The molecule has 222 valence electrons. The number of phenols is 2. The van der Waals surface area contributed by atoms with E-state index in [0.717, 1.165) is 6.07 Å². The van der Waals surface area contributed by atoms with Crippen LogP contribution in [0.15, 0.2) is 51.9 Å². The quantitative estimate of drug-likeness (QED) is 0.174. The molecule has 8 N–H and O–H groups in total. The first kappa shape index (κ1) is 29.2. The second-order valence-electron chi connectivity index (χ2n) is 9.99. The van der Waals surface area contributed by atoms with Gasteiger partial charge in [0, 0.05) is 12.1 Å². The van der Waals surface area contributed by atoms with Gasteiger partial charge in [0.15, 0.2) is 6.29 Å². The van der Waals surface area contributed by atoms with Crippen LogP contribution in [0.25, 0.3) is 22.1 Å². The predicted octanol–water partition coefficient (Wildman–Crippen LogP) is -1.10. The molecule has 2 aromatic carbocycles. The summed E-state index contributed by atoms with van der Waals surface area (Å²) in [4.78, 5) is 13.1. The average Bonchev–Trinajstić information content (AvgIpc) is 2.94. The summed E-state index contributed by atoms with van der Waals surface area (Å²) in [6.07, 6.45) is -13.7. The minimum Gasteiger partial charge on any atom is -0.508 e. The molecule has 5 rings (SSSR count). The van der Waals surface area contributed by atoms with E-state index in [1.165, 1.54) is 43.5 Å². The molecular weight excluding hydrogens is 548 g/mol. The molecule has 0 unspecified atom stereocenters. The fourth-order valence-electron chi connectivity index (χ4n) is 4.74. The van der Waals surface area contributed by atoms with Crippen LogP contribution in [-0.4, -0.2) is 109 Å². The van der Waals surface area contributed by atoms with Crippen molar-refractivity contribution in [1.82, 2.24) is 0 Å². The number of fused-ring (bicyclic) bond motifs is 1. The molecule has 2 aliphatic heterocycles. The van der Waals surface area contributed by atoms with Gasteiger partial charge >= 0.3 is 0 Å². The van der Waals surface area contributed by atoms with Gasteiger partial charge in [0.1, 0.15) is 77.2 Å². The molecule has 0 spiro atoms. The molecule has 3 heterocycles. The van der Waals surface area contributed by atoms with E-state index in [4.69, 9.17) is 23.4 Å². The summed E-state index contributed by atoms with van der Waals surface area (Å²) >= 11 is 0. The molecule has 14 nitrogen and oxygen atoms in total. The molecule has 0 amide bonds. The monoisotopic (exact) mass is 578 g/mol. The highest BCUT2D eigenvalue weighted by Gasteiger charge is 2.47. The van der Waals surface area contributed by atoms with Crippen LogP contribution in [0.1, 0.15) is 6.92 Å². The molecule has 3 aromatic rings. The number of ether oxygens (including phenoxy) is 4. The van der Waals surface area contributed by atoms with Gasteiger partial charge in [-0.05, 0) is 24.6 Å². The van der Waals surface area contributed by atoms with Crippen LogP contribution in [0, 0.1) is 0 Å². The van der Waals surface area contributed by atoms with Crippen molar-refractivity contribution >= 4 is 11.0 Å². The standard InChI is InChI=1S/C27H30O14/c1-10-19(30)22(33)24(35)26(39-10)38-9-17-21(32)23(34)25(36)27(41-17)40-13-6-15(29)18-16(7-13)37-8-14(20(18)31)11-2-4-12(28)5-3-11/h2-8,10,17,19,21-30,32-36H,9H2,1H3/t10-,17+,19-,21+,22-,23+,24+,25+,26+,27+/m0/s1. The maximum Gasteiger partial charge on any atom is 0.229 e. The van der Waals surface area contributed by atoms with Crippen molar-refractivity contribution in [3.05, 3.63) is 52.9 Å². The van der Waals surface area contributed by atoms with E-state index in [-0.39, 0.29) is 28.0 Å². The normalized spacial score (nSPS) is 34.0. The fourth-order valence-corrected chi connectivity index (χ4v) is 4.74. The van der Waals surface area contributed by atoms with Gasteiger partial charge < -0.3 is 64.2 Å². The summed E-state index contributed by atoms with van der Waals surface area (Å²) < 4.78 is 27.6. The Morgan fingerprint density at radius 3 is 2.17 bits per heavy atom. The first-order valence-corrected chi connectivity index (χ1v) is 12.7. The summed E-state index contributed by atoms with van der Waals surface area (Å²) in [5, 5.41) is 81.2. The molecule has 14 heteroatoms. The smallest absolute Gasteiger partial charge is 0.229 e. The Morgan fingerprint density at radius 1 is 0.805 bits per heavy atom. The lowest BCUT2D eigenvalue weighted by molar-refractivity contribution is -0.318. The second-order valence-corrected chi connectivity index (χ2v) is 9.99. The Hall–Kier alpha value is -3.31. The number of rotatable bonds is 6. The largest absolute Gasteiger partial charge is 0.508 e. The van der Waals surface area contributed by atoms with Gasteiger partial charge in [-0.3, -0.25) is 4.79 Å². The lowest BCUT2D eigenvalue weighted by atomic mass is 9.98. The van der Waals surface area contributed by atoms with E-state index < -0.39 is 79.2 Å². The highest BCUT2D eigenvalue weighted by atomic mass is 16.7. The summed E-state index contributed by atoms with van der Waals surface area (Å²) in [6.45, 7) is 0.973. The molecule has 0 radical (unpaired) electrons. The third kappa shape index (κ3) is 5.61. The molecule has 41 heavy (non-hydrogen) atoms. The molecule has 2 aliphatic rings. The minimum absolute atomic E-state index is 0.00951. The van der Waals surface area contributed by atoms with E-state index in [1.54, 1.807) is 0 Å². The average molecular weight is 579 g/mol. The van der Waals surface area contributed by atoms with Crippen molar-refractivity contribution in [2.45, 2.75) is 68.3 Å². The molecule has 1 aromatic heterocycles. The van der Waals surface area contributed by atoms with Gasteiger partial charge in [0.25, 0.3) is 0 Å². The Kier molecular flexibility index (Phi) is 8.20. The second kappa shape index (κ2) is 11.5. The number of aromatic hydroxyl groups is 2. The van der Waals surface area contributed by atoms with Gasteiger partial charge in [-0.15, -0.1) is 0 Å². The van der Waals surface area contributed by atoms with Crippen molar-refractivity contribution < 1.29 is 64.2 Å². The molecule has 2 fully saturated rings. The molecule has 0 aliphatic carbocycles. The lowest BCUT2D eigenvalue weighted by Crippen LogP contribution is -2.61. The first-order chi connectivity index (χ1) is 19.5. The number of hydrogen-bond donors (Lipinski definition) is 8. The van der Waals surface area contributed by atoms with Gasteiger partial charge in [0.05, 0.1) is 18.3 Å². The molecule has 2 saturated heterocycles. The minimum atomic E-state index is -1.76.